The molecule has 3 atom stereocenters. The third-order valence-corrected chi connectivity index (χ3v) is 3.23. The van der Waals surface area contributed by atoms with Gasteiger partial charge in [-0.1, -0.05) is 20.8 Å². The smallest absolute Gasteiger partial charge is 0.0390 e. The number of halogens is 1. The van der Waals surface area contributed by atoms with Crippen molar-refractivity contribution in [1.82, 2.24) is 0 Å². The average Bonchev–Trinajstić information content (AvgIpc) is 1.86. The van der Waals surface area contributed by atoms with Crippen molar-refractivity contribution in [3.05, 3.63) is 0 Å². The molecule has 1 aliphatic carbocycles. The first-order valence-corrected chi connectivity index (χ1v) is 4.69. The molecule has 1 heteroatoms. The van der Waals surface area contributed by atoms with E-state index in [1.54, 1.807) is 0 Å². The first-order valence-electron chi connectivity index (χ1n) is 4.25. The van der Waals surface area contributed by atoms with Gasteiger partial charge in [-0.3, -0.25) is 0 Å². The maximum absolute atomic E-state index is 6.11. The molecule has 0 spiro atoms. The van der Waals surface area contributed by atoms with Crippen LogP contribution in [0.3, 0.4) is 0 Å². The van der Waals surface area contributed by atoms with Crippen LogP contribution in [0.5, 0.6) is 0 Å². The minimum absolute atomic E-state index is 0.474. The lowest BCUT2D eigenvalue weighted by Gasteiger charge is -2.39. The van der Waals surface area contributed by atoms with Gasteiger partial charge in [-0.15, -0.1) is 11.6 Å². The Labute approximate surface area is 69.0 Å². The Morgan fingerprint density at radius 1 is 1.50 bits per heavy atom. The summed E-state index contributed by atoms with van der Waals surface area (Å²) in [7, 11) is 0. The van der Waals surface area contributed by atoms with Crippen molar-refractivity contribution >= 4 is 11.6 Å². The molecule has 0 bridgehead atoms. The van der Waals surface area contributed by atoms with Crippen LogP contribution in [0.2, 0.25) is 0 Å². The van der Waals surface area contributed by atoms with E-state index in [2.05, 4.69) is 20.8 Å². The van der Waals surface area contributed by atoms with Crippen LogP contribution in [0.1, 0.15) is 33.6 Å². The van der Waals surface area contributed by atoms with Gasteiger partial charge in [0.25, 0.3) is 0 Å². The first-order chi connectivity index (χ1) is 4.61. The van der Waals surface area contributed by atoms with Crippen LogP contribution in [0, 0.1) is 17.8 Å². The van der Waals surface area contributed by atoms with E-state index in [1.165, 1.54) is 12.8 Å². The second-order valence-electron chi connectivity index (χ2n) is 4.05. The summed E-state index contributed by atoms with van der Waals surface area (Å²) in [5.41, 5.74) is 0. The van der Waals surface area contributed by atoms with Gasteiger partial charge >= 0.3 is 0 Å². The molecule has 0 aromatic rings. The summed E-state index contributed by atoms with van der Waals surface area (Å²) < 4.78 is 0. The fourth-order valence-corrected chi connectivity index (χ4v) is 2.15. The summed E-state index contributed by atoms with van der Waals surface area (Å²) in [6.07, 6.45) is 2.67. The minimum atomic E-state index is 0.474. The predicted molar refractivity (Wildman–Crippen MR) is 46.4 cm³/mol. The highest BCUT2D eigenvalue weighted by Gasteiger charge is 2.36. The van der Waals surface area contributed by atoms with E-state index in [1.807, 2.05) is 0 Å². The lowest BCUT2D eigenvalue weighted by atomic mass is 9.72. The largest absolute Gasteiger partial charge is 0.122 e. The Hall–Kier alpha value is 0.290. The van der Waals surface area contributed by atoms with Gasteiger partial charge in [-0.05, 0) is 30.6 Å². The summed E-state index contributed by atoms with van der Waals surface area (Å²) in [6.45, 7) is 6.79. The third kappa shape index (κ3) is 1.66. The molecule has 1 saturated carbocycles. The minimum Gasteiger partial charge on any atom is -0.122 e. The zero-order valence-electron chi connectivity index (χ0n) is 7.10. The molecule has 1 rings (SSSR count). The molecule has 0 saturated heterocycles. The van der Waals surface area contributed by atoms with Gasteiger partial charge in [0, 0.05) is 5.38 Å². The number of alkyl halides is 1. The molecule has 0 amide bonds. The Morgan fingerprint density at radius 3 is 2.40 bits per heavy atom. The van der Waals surface area contributed by atoms with Crippen LogP contribution in [0.25, 0.3) is 0 Å². The van der Waals surface area contributed by atoms with Crippen molar-refractivity contribution in [3.63, 3.8) is 0 Å². The summed E-state index contributed by atoms with van der Waals surface area (Å²) >= 11 is 6.11. The normalized spacial score (nSPS) is 39.9. The van der Waals surface area contributed by atoms with Gasteiger partial charge in [0.2, 0.25) is 0 Å². The maximum Gasteiger partial charge on any atom is 0.0390 e. The third-order valence-electron chi connectivity index (χ3n) is 2.44. The Kier molecular flexibility index (Phi) is 2.62. The monoisotopic (exact) mass is 160 g/mol. The Bertz CT molecular complexity index is 109. The van der Waals surface area contributed by atoms with Gasteiger partial charge in [-0.2, -0.15) is 0 Å². The van der Waals surface area contributed by atoms with Crippen LogP contribution in [0.4, 0.5) is 0 Å². The lowest BCUT2D eigenvalue weighted by Crippen LogP contribution is -2.36. The van der Waals surface area contributed by atoms with Crippen molar-refractivity contribution in [2.75, 3.05) is 0 Å². The average molecular weight is 161 g/mol. The molecule has 1 fully saturated rings. The number of hydrogen-bond donors (Lipinski definition) is 0. The van der Waals surface area contributed by atoms with E-state index in [0.717, 1.165) is 17.8 Å². The quantitative estimate of drug-likeness (QED) is 0.544. The highest BCUT2D eigenvalue weighted by atomic mass is 35.5. The van der Waals surface area contributed by atoms with Gasteiger partial charge in [0.15, 0.2) is 0 Å². The SMILES string of the molecule is CC(C)CC1CC(C)C1Cl. The Morgan fingerprint density at radius 2 is 2.10 bits per heavy atom. The fourth-order valence-electron chi connectivity index (χ4n) is 1.84. The zero-order valence-corrected chi connectivity index (χ0v) is 7.86. The molecule has 3 unspecified atom stereocenters. The number of hydrogen-bond acceptors (Lipinski definition) is 0. The van der Waals surface area contributed by atoms with Gasteiger partial charge in [0.05, 0.1) is 0 Å². The van der Waals surface area contributed by atoms with E-state index >= 15 is 0 Å². The molecule has 0 nitrogen and oxygen atoms in total. The highest BCUT2D eigenvalue weighted by Crippen LogP contribution is 2.41. The predicted octanol–water partition coefficient (Wildman–Crippen LogP) is 3.30. The van der Waals surface area contributed by atoms with Crippen molar-refractivity contribution in [1.29, 1.82) is 0 Å². The van der Waals surface area contributed by atoms with Crippen LogP contribution in [-0.2, 0) is 0 Å². The molecule has 0 heterocycles. The summed E-state index contributed by atoms with van der Waals surface area (Å²) in [5, 5.41) is 0.474. The lowest BCUT2D eigenvalue weighted by molar-refractivity contribution is 0.189. The standard InChI is InChI=1S/C9H17Cl/c1-6(2)4-8-5-7(3)9(8)10/h6-9H,4-5H2,1-3H3. The van der Waals surface area contributed by atoms with E-state index < -0.39 is 0 Å². The first kappa shape index (κ1) is 8.39. The van der Waals surface area contributed by atoms with Crippen molar-refractivity contribution < 1.29 is 0 Å². The number of rotatable bonds is 2. The molecule has 60 valence electrons. The highest BCUT2D eigenvalue weighted by molar-refractivity contribution is 6.21. The van der Waals surface area contributed by atoms with Gasteiger partial charge in [0.1, 0.15) is 0 Å². The van der Waals surface area contributed by atoms with Crippen LogP contribution < -0.4 is 0 Å². The van der Waals surface area contributed by atoms with Crippen molar-refractivity contribution in [3.8, 4) is 0 Å². The molecule has 10 heavy (non-hydrogen) atoms. The molecule has 0 aromatic carbocycles. The zero-order chi connectivity index (χ0) is 7.72. The Balaban J connectivity index is 2.20. The second-order valence-corrected chi connectivity index (χ2v) is 4.55. The van der Waals surface area contributed by atoms with Crippen LogP contribution >= 0.6 is 11.6 Å². The van der Waals surface area contributed by atoms with Gasteiger partial charge in [-0.25, -0.2) is 0 Å². The molecule has 0 aliphatic heterocycles. The van der Waals surface area contributed by atoms with Crippen LogP contribution in [0.15, 0.2) is 0 Å². The molecule has 0 N–H and O–H groups in total. The second kappa shape index (κ2) is 3.13. The molecule has 1 aliphatic rings. The topological polar surface area (TPSA) is 0 Å². The molecular formula is C9H17Cl. The molecule has 0 aromatic heterocycles. The van der Waals surface area contributed by atoms with Crippen LogP contribution in [-0.4, -0.2) is 5.38 Å². The van der Waals surface area contributed by atoms with E-state index in [4.69, 9.17) is 11.6 Å². The summed E-state index contributed by atoms with van der Waals surface area (Å²) in [5.74, 6) is 2.40. The molecular weight excluding hydrogens is 144 g/mol. The summed E-state index contributed by atoms with van der Waals surface area (Å²) in [6, 6.07) is 0. The van der Waals surface area contributed by atoms with Crippen molar-refractivity contribution in [2.24, 2.45) is 17.8 Å². The van der Waals surface area contributed by atoms with E-state index in [9.17, 15) is 0 Å². The van der Waals surface area contributed by atoms with Gasteiger partial charge < -0.3 is 0 Å². The fraction of sp³-hybridized carbons (Fsp3) is 1.00. The van der Waals surface area contributed by atoms with E-state index in [-0.39, 0.29) is 0 Å². The molecule has 0 radical (unpaired) electrons. The maximum atomic E-state index is 6.11. The van der Waals surface area contributed by atoms with E-state index in [0.29, 0.717) is 5.38 Å². The van der Waals surface area contributed by atoms with Crippen molar-refractivity contribution in [2.45, 2.75) is 39.0 Å². The summed E-state index contributed by atoms with van der Waals surface area (Å²) in [4.78, 5) is 0.